The number of thioether (sulfide) groups is 1. The van der Waals surface area contributed by atoms with E-state index in [2.05, 4.69) is 64.4 Å². The summed E-state index contributed by atoms with van der Waals surface area (Å²) in [4.78, 5) is 19.3. The lowest BCUT2D eigenvalue weighted by molar-refractivity contribution is -0.450. The van der Waals surface area contributed by atoms with Crippen LogP contribution in [0.3, 0.4) is 0 Å². The minimum atomic E-state index is -0.456. The van der Waals surface area contributed by atoms with Crippen LogP contribution in [-0.4, -0.2) is 58.0 Å². The van der Waals surface area contributed by atoms with Crippen molar-refractivity contribution in [1.29, 1.82) is 0 Å². The highest BCUT2D eigenvalue weighted by Gasteiger charge is 2.54. The van der Waals surface area contributed by atoms with Crippen molar-refractivity contribution >= 4 is 17.8 Å². The van der Waals surface area contributed by atoms with Gasteiger partial charge in [-0.1, -0.05) is 66.7 Å². The Balaban J connectivity index is 1.06. The van der Waals surface area contributed by atoms with E-state index in [4.69, 9.17) is 14.2 Å². The van der Waals surface area contributed by atoms with Crippen LogP contribution in [0.1, 0.15) is 49.7 Å². The molecule has 0 spiro atoms. The predicted octanol–water partition coefficient (Wildman–Crippen LogP) is 5.68. The number of urea groups is 1. The van der Waals surface area contributed by atoms with Crippen LogP contribution in [0.25, 0.3) is 0 Å². The number of hydrogen-bond donors (Lipinski definition) is 0. The SMILES string of the molecule is O=C1N(Cc2ccccc2)C2CS/C(=C\CCCC34CC5CC(C3)OC(O5)O4)C2N1Cc1ccccc1. The zero-order valence-corrected chi connectivity index (χ0v) is 21.9. The topological polar surface area (TPSA) is 51.2 Å². The second-order valence-electron chi connectivity index (χ2n) is 11.1. The lowest BCUT2D eigenvalue weighted by Crippen LogP contribution is -2.61. The van der Waals surface area contributed by atoms with Gasteiger partial charge in [-0.05, 0) is 30.4 Å². The third-order valence-electron chi connectivity index (χ3n) is 8.56. The van der Waals surface area contributed by atoms with Crippen LogP contribution in [0.2, 0.25) is 0 Å². The van der Waals surface area contributed by atoms with E-state index >= 15 is 0 Å². The number of ether oxygens (including phenoxy) is 3. The standard InChI is InChI=1S/C30H34N2O4S/c33-28-31(18-21-9-3-1-4-10-21)25-20-37-26(27(25)32(28)19-22-11-5-2-6-12-22)13-7-8-14-30-16-23-15-24(17-30)35-29(34-23)36-30/h1-6,9-13,23-25,27,29H,7-8,14-20H2/b26-13-. The molecule has 5 heterocycles. The van der Waals surface area contributed by atoms with Crippen LogP contribution in [0.5, 0.6) is 0 Å². The molecule has 2 aromatic rings. The Kier molecular flexibility index (Phi) is 6.28. The molecule has 6 nitrogen and oxygen atoms in total. The molecule has 5 aliphatic heterocycles. The highest BCUT2D eigenvalue weighted by molar-refractivity contribution is 8.03. The number of nitrogens with zero attached hydrogens (tertiary/aromatic N) is 2. The van der Waals surface area contributed by atoms with E-state index < -0.39 is 6.48 Å². The summed E-state index contributed by atoms with van der Waals surface area (Å²) < 4.78 is 17.8. The number of amides is 2. The van der Waals surface area contributed by atoms with Crippen LogP contribution in [0.15, 0.2) is 71.6 Å². The largest absolute Gasteiger partial charge is 0.326 e. The first-order chi connectivity index (χ1) is 18.2. The maximum absolute atomic E-state index is 13.7. The van der Waals surface area contributed by atoms with Gasteiger partial charge in [0.25, 0.3) is 6.48 Å². The number of allylic oxidation sites excluding steroid dienone is 1. The fourth-order valence-corrected chi connectivity index (χ4v) is 8.32. The molecule has 2 aromatic carbocycles. The molecule has 0 aromatic heterocycles. The number of benzene rings is 2. The Morgan fingerprint density at radius 1 is 0.919 bits per heavy atom. The lowest BCUT2D eigenvalue weighted by Gasteiger charge is -2.55. The Hall–Kier alpha value is -2.32. The number of fused-ring (bicyclic) bond motifs is 1. The van der Waals surface area contributed by atoms with Crippen molar-refractivity contribution in [2.75, 3.05) is 5.75 Å². The molecular formula is C30H34N2O4S. The second kappa shape index (κ2) is 9.77. The van der Waals surface area contributed by atoms with Gasteiger partial charge in [-0.3, -0.25) is 0 Å². The quantitative estimate of drug-likeness (QED) is 0.332. The molecule has 8 rings (SSSR count). The Morgan fingerprint density at radius 3 is 2.22 bits per heavy atom. The summed E-state index contributed by atoms with van der Waals surface area (Å²) in [6, 6.07) is 21.2. The number of unbranched alkanes of at least 4 members (excludes halogenated alkanes) is 1. The first-order valence-corrected chi connectivity index (χ1v) is 14.6. The summed E-state index contributed by atoms with van der Waals surface area (Å²) in [5.74, 6) is 0.952. The zero-order chi connectivity index (χ0) is 24.8. The van der Waals surface area contributed by atoms with Gasteiger partial charge in [0, 0.05) is 43.0 Å². The molecule has 4 atom stereocenters. The van der Waals surface area contributed by atoms with E-state index in [0.29, 0.717) is 25.3 Å². The summed E-state index contributed by atoms with van der Waals surface area (Å²) in [7, 11) is 0. The molecule has 1 aliphatic carbocycles. The summed E-state index contributed by atoms with van der Waals surface area (Å²) in [5, 5.41) is 0. The van der Waals surface area contributed by atoms with E-state index in [1.165, 1.54) is 16.0 Å². The summed E-state index contributed by atoms with van der Waals surface area (Å²) in [5.41, 5.74) is 2.28. The van der Waals surface area contributed by atoms with Gasteiger partial charge in [0.2, 0.25) is 0 Å². The van der Waals surface area contributed by atoms with Crippen molar-refractivity contribution in [2.45, 2.75) is 88.0 Å². The molecule has 4 bridgehead atoms. The first kappa shape index (κ1) is 23.8. The highest BCUT2D eigenvalue weighted by Crippen LogP contribution is 2.48. The Morgan fingerprint density at radius 2 is 1.57 bits per heavy atom. The third kappa shape index (κ3) is 4.60. The average molecular weight is 519 g/mol. The van der Waals surface area contributed by atoms with Crippen LogP contribution in [-0.2, 0) is 27.3 Å². The van der Waals surface area contributed by atoms with Crippen molar-refractivity contribution in [3.05, 3.63) is 82.8 Å². The van der Waals surface area contributed by atoms with Gasteiger partial charge in [0.1, 0.15) is 0 Å². The summed E-state index contributed by atoms with van der Waals surface area (Å²) in [6.45, 7) is 0.848. The molecule has 37 heavy (non-hydrogen) atoms. The molecule has 2 amide bonds. The number of hydrogen-bond acceptors (Lipinski definition) is 5. The minimum absolute atomic E-state index is 0.0756. The van der Waals surface area contributed by atoms with E-state index in [1.807, 2.05) is 23.9 Å². The van der Waals surface area contributed by atoms with E-state index in [-0.39, 0.29) is 23.7 Å². The van der Waals surface area contributed by atoms with Crippen LogP contribution in [0, 0.1) is 0 Å². The highest BCUT2D eigenvalue weighted by atomic mass is 32.2. The fraction of sp³-hybridized carbons (Fsp3) is 0.500. The van der Waals surface area contributed by atoms with Crippen LogP contribution >= 0.6 is 11.8 Å². The average Bonchev–Trinajstić information content (AvgIpc) is 3.41. The summed E-state index contributed by atoms with van der Waals surface area (Å²) >= 11 is 1.93. The first-order valence-electron chi connectivity index (χ1n) is 13.6. The van der Waals surface area contributed by atoms with Gasteiger partial charge in [-0.2, -0.15) is 0 Å². The van der Waals surface area contributed by atoms with Crippen LogP contribution < -0.4 is 0 Å². The third-order valence-corrected chi connectivity index (χ3v) is 9.81. The van der Waals surface area contributed by atoms with Crippen molar-refractivity contribution in [3.8, 4) is 0 Å². The molecular weight excluding hydrogens is 484 g/mol. The molecule has 194 valence electrons. The smallest absolute Gasteiger partial charge is 0.321 e. The van der Waals surface area contributed by atoms with Gasteiger partial charge >= 0.3 is 6.03 Å². The molecule has 0 radical (unpaired) electrons. The minimum Gasteiger partial charge on any atom is -0.326 e. The van der Waals surface area contributed by atoms with Crippen LogP contribution in [0.4, 0.5) is 4.79 Å². The Labute approximate surface area is 222 Å². The number of carbonyl (C=O) groups is 1. The van der Waals surface area contributed by atoms with Crippen molar-refractivity contribution < 1.29 is 19.0 Å². The van der Waals surface area contributed by atoms with E-state index in [1.54, 1.807) is 0 Å². The van der Waals surface area contributed by atoms with Gasteiger partial charge in [-0.25, -0.2) is 4.79 Å². The molecule has 0 N–H and O–H groups in total. The molecule has 5 saturated heterocycles. The van der Waals surface area contributed by atoms with Gasteiger partial charge < -0.3 is 24.0 Å². The molecule has 4 unspecified atom stereocenters. The van der Waals surface area contributed by atoms with Gasteiger partial charge in [0.15, 0.2) is 0 Å². The monoisotopic (exact) mass is 518 g/mol. The molecule has 7 heteroatoms. The molecule has 1 saturated carbocycles. The number of rotatable bonds is 8. The maximum Gasteiger partial charge on any atom is 0.321 e. The molecule has 6 fully saturated rings. The van der Waals surface area contributed by atoms with Crippen molar-refractivity contribution in [1.82, 2.24) is 9.80 Å². The summed E-state index contributed by atoms with van der Waals surface area (Å²) in [6.07, 6.45) is 9.11. The maximum atomic E-state index is 13.7. The van der Waals surface area contributed by atoms with E-state index in [0.717, 1.165) is 44.3 Å². The van der Waals surface area contributed by atoms with Crippen molar-refractivity contribution in [2.24, 2.45) is 0 Å². The normalized spacial score (nSPS) is 35.1. The second-order valence-corrected chi connectivity index (χ2v) is 12.2. The lowest BCUT2D eigenvalue weighted by atomic mass is 9.76. The predicted molar refractivity (Wildman–Crippen MR) is 143 cm³/mol. The molecule has 6 aliphatic rings. The Bertz CT molecular complexity index is 1120. The number of carbonyl (C=O) groups excluding carboxylic acids is 1. The van der Waals surface area contributed by atoms with Gasteiger partial charge in [-0.15, -0.1) is 11.8 Å². The van der Waals surface area contributed by atoms with Crippen molar-refractivity contribution in [3.63, 3.8) is 0 Å². The van der Waals surface area contributed by atoms with E-state index in [9.17, 15) is 4.79 Å². The zero-order valence-electron chi connectivity index (χ0n) is 21.0. The fourth-order valence-electron chi connectivity index (χ4n) is 6.90. The van der Waals surface area contributed by atoms with Gasteiger partial charge in [0.05, 0.1) is 29.9 Å².